The summed E-state index contributed by atoms with van der Waals surface area (Å²) in [6, 6.07) is 5.54. The third kappa shape index (κ3) is 2.75. The summed E-state index contributed by atoms with van der Waals surface area (Å²) in [4.78, 5) is 18.4. The van der Waals surface area contributed by atoms with Crippen molar-refractivity contribution in [2.24, 2.45) is 5.92 Å². The standard InChI is InChI=1S/C13H19N3O/c1-3-14-12-6-4-5-11(15-12)13(17)16-8-7-10(2)9-16/h4-6,10H,3,7-9H2,1-2H3,(H,14,15). The Morgan fingerprint density at radius 1 is 1.59 bits per heavy atom. The minimum absolute atomic E-state index is 0.0501. The summed E-state index contributed by atoms with van der Waals surface area (Å²) >= 11 is 0. The molecule has 17 heavy (non-hydrogen) atoms. The van der Waals surface area contributed by atoms with Gasteiger partial charge < -0.3 is 10.2 Å². The fraction of sp³-hybridized carbons (Fsp3) is 0.538. The van der Waals surface area contributed by atoms with Crippen LogP contribution in [0.3, 0.4) is 0 Å². The Kier molecular flexibility index (Phi) is 3.61. The highest BCUT2D eigenvalue weighted by atomic mass is 16.2. The number of rotatable bonds is 3. The van der Waals surface area contributed by atoms with Gasteiger partial charge >= 0.3 is 0 Å². The van der Waals surface area contributed by atoms with Crippen LogP contribution in [0, 0.1) is 5.92 Å². The van der Waals surface area contributed by atoms with Crippen LogP contribution in [0.4, 0.5) is 5.82 Å². The Balaban J connectivity index is 2.10. The first-order valence-electron chi connectivity index (χ1n) is 6.21. The molecule has 92 valence electrons. The zero-order chi connectivity index (χ0) is 12.3. The zero-order valence-electron chi connectivity index (χ0n) is 10.4. The molecule has 1 saturated heterocycles. The second kappa shape index (κ2) is 5.17. The lowest BCUT2D eigenvalue weighted by Crippen LogP contribution is -2.29. The van der Waals surface area contributed by atoms with Crippen molar-refractivity contribution in [2.75, 3.05) is 25.0 Å². The monoisotopic (exact) mass is 233 g/mol. The molecular formula is C13H19N3O. The molecule has 4 heteroatoms. The molecule has 1 aromatic heterocycles. The fourth-order valence-electron chi connectivity index (χ4n) is 2.11. The molecule has 1 unspecified atom stereocenters. The number of likely N-dealkylation sites (tertiary alicyclic amines) is 1. The largest absolute Gasteiger partial charge is 0.370 e. The highest BCUT2D eigenvalue weighted by molar-refractivity contribution is 5.92. The number of hydrogen-bond acceptors (Lipinski definition) is 3. The second-order valence-electron chi connectivity index (χ2n) is 4.58. The van der Waals surface area contributed by atoms with Crippen molar-refractivity contribution in [1.82, 2.24) is 9.88 Å². The Morgan fingerprint density at radius 3 is 3.06 bits per heavy atom. The van der Waals surface area contributed by atoms with E-state index in [1.807, 2.05) is 24.0 Å². The van der Waals surface area contributed by atoms with Gasteiger partial charge in [-0.25, -0.2) is 4.98 Å². The summed E-state index contributed by atoms with van der Waals surface area (Å²) in [6.45, 7) is 6.71. The van der Waals surface area contributed by atoms with Gasteiger partial charge in [0.15, 0.2) is 0 Å². The molecule has 2 heterocycles. The molecule has 1 aromatic rings. The number of carbonyl (C=O) groups excluding carboxylic acids is 1. The van der Waals surface area contributed by atoms with E-state index in [1.165, 1.54) is 0 Å². The lowest BCUT2D eigenvalue weighted by molar-refractivity contribution is 0.0782. The number of anilines is 1. The molecule has 0 saturated carbocycles. The molecule has 1 aliphatic rings. The van der Waals surface area contributed by atoms with Gasteiger partial charge in [0.2, 0.25) is 0 Å². The third-order valence-corrected chi connectivity index (χ3v) is 3.04. The van der Waals surface area contributed by atoms with Crippen molar-refractivity contribution in [2.45, 2.75) is 20.3 Å². The highest BCUT2D eigenvalue weighted by Crippen LogP contribution is 2.17. The Bertz CT molecular complexity index is 405. The molecule has 1 atom stereocenters. The van der Waals surface area contributed by atoms with Gasteiger partial charge in [-0.15, -0.1) is 0 Å². The number of aromatic nitrogens is 1. The van der Waals surface area contributed by atoms with Crippen molar-refractivity contribution in [3.63, 3.8) is 0 Å². The van der Waals surface area contributed by atoms with Gasteiger partial charge in [0, 0.05) is 19.6 Å². The number of carbonyl (C=O) groups is 1. The first kappa shape index (κ1) is 11.9. The highest BCUT2D eigenvalue weighted by Gasteiger charge is 2.24. The minimum atomic E-state index is 0.0501. The summed E-state index contributed by atoms with van der Waals surface area (Å²) in [5, 5.41) is 3.12. The van der Waals surface area contributed by atoms with E-state index in [0.29, 0.717) is 11.6 Å². The lowest BCUT2D eigenvalue weighted by atomic mass is 10.2. The molecule has 1 N–H and O–H groups in total. The van der Waals surface area contributed by atoms with Crippen molar-refractivity contribution in [3.8, 4) is 0 Å². The van der Waals surface area contributed by atoms with Crippen molar-refractivity contribution in [3.05, 3.63) is 23.9 Å². The molecule has 2 rings (SSSR count). The molecule has 0 bridgehead atoms. The molecule has 0 spiro atoms. The smallest absolute Gasteiger partial charge is 0.272 e. The molecule has 0 aromatic carbocycles. The van der Waals surface area contributed by atoms with Crippen molar-refractivity contribution < 1.29 is 4.79 Å². The molecule has 4 nitrogen and oxygen atoms in total. The first-order chi connectivity index (χ1) is 8.20. The summed E-state index contributed by atoms with van der Waals surface area (Å²) in [5.41, 5.74) is 0.539. The van der Waals surface area contributed by atoms with Gasteiger partial charge in [-0.3, -0.25) is 4.79 Å². The van der Waals surface area contributed by atoms with Crippen LogP contribution in [-0.4, -0.2) is 35.4 Å². The molecule has 1 aliphatic heterocycles. The maximum absolute atomic E-state index is 12.2. The van der Waals surface area contributed by atoms with Crippen molar-refractivity contribution >= 4 is 11.7 Å². The molecule has 0 aliphatic carbocycles. The molecule has 1 amide bonds. The second-order valence-corrected chi connectivity index (χ2v) is 4.58. The molecular weight excluding hydrogens is 214 g/mol. The van der Waals surface area contributed by atoms with E-state index in [-0.39, 0.29) is 5.91 Å². The number of amides is 1. The Hall–Kier alpha value is -1.58. The van der Waals surface area contributed by atoms with Crippen molar-refractivity contribution in [1.29, 1.82) is 0 Å². The summed E-state index contributed by atoms with van der Waals surface area (Å²) in [6.07, 6.45) is 1.10. The van der Waals surface area contributed by atoms with E-state index in [1.54, 1.807) is 6.07 Å². The van der Waals surface area contributed by atoms with Gasteiger partial charge in [0.25, 0.3) is 5.91 Å². The van der Waals surface area contributed by atoms with E-state index in [2.05, 4.69) is 17.2 Å². The third-order valence-electron chi connectivity index (χ3n) is 3.04. The van der Waals surface area contributed by atoms with Crippen LogP contribution in [0.5, 0.6) is 0 Å². The Labute approximate surface area is 102 Å². The van der Waals surface area contributed by atoms with E-state index in [0.717, 1.165) is 31.9 Å². The maximum Gasteiger partial charge on any atom is 0.272 e. The van der Waals surface area contributed by atoms with Crippen LogP contribution in [0.1, 0.15) is 30.8 Å². The number of nitrogens with one attached hydrogen (secondary N) is 1. The lowest BCUT2D eigenvalue weighted by Gasteiger charge is -2.15. The predicted molar refractivity (Wildman–Crippen MR) is 68.1 cm³/mol. The van der Waals surface area contributed by atoms with Crippen LogP contribution >= 0.6 is 0 Å². The number of pyridine rings is 1. The van der Waals surface area contributed by atoms with Crippen LogP contribution in [0.25, 0.3) is 0 Å². The first-order valence-corrected chi connectivity index (χ1v) is 6.21. The molecule has 1 fully saturated rings. The van der Waals surface area contributed by atoms with Crippen LogP contribution in [-0.2, 0) is 0 Å². The zero-order valence-corrected chi connectivity index (χ0v) is 10.4. The average Bonchev–Trinajstić information content (AvgIpc) is 2.76. The normalized spacial score (nSPS) is 19.4. The van der Waals surface area contributed by atoms with Gasteiger partial charge in [-0.1, -0.05) is 13.0 Å². The number of nitrogens with zero attached hydrogens (tertiary/aromatic N) is 2. The van der Waals surface area contributed by atoms with E-state index in [4.69, 9.17) is 0 Å². The maximum atomic E-state index is 12.2. The van der Waals surface area contributed by atoms with Gasteiger partial charge in [0.1, 0.15) is 11.5 Å². The van der Waals surface area contributed by atoms with E-state index < -0.39 is 0 Å². The molecule has 0 radical (unpaired) electrons. The Morgan fingerprint density at radius 2 is 2.41 bits per heavy atom. The summed E-state index contributed by atoms with van der Waals surface area (Å²) in [7, 11) is 0. The fourth-order valence-corrected chi connectivity index (χ4v) is 2.11. The number of hydrogen-bond donors (Lipinski definition) is 1. The minimum Gasteiger partial charge on any atom is -0.370 e. The van der Waals surface area contributed by atoms with Crippen LogP contribution in [0.2, 0.25) is 0 Å². The van der Waals surface area contributed by atoms with Gasteiger partial charge in [0.05, 0.1) is 0 Å². The SMILES string of the molecule is CCNc1cccc(C(=O)N2CCC(C)C2)n1. The quantitative estimate of drug-likeness (QED) is 0.868. The van der Waals surface area contributed by atoms with Gasteiger partial charge in [-0.2, -0.15) is 0 Å². The summed E-state index contributed by atoms with van der Waals surface area (Å²) in [5.74, 6) is 1.43. The topological polar surface area (TPSA) is 45.2 Å². The van der Waals surface area contributed by atoms with E-state index >= 15 is 0 Å². The average molecular weight is 233 g/mol. The van der Waals surface area contributed by atoms with Gasteiger partial charge in [-0.05, 0) is 31.4 Å². The predicted octanol–water partition coefficient (Wildman–Crippen LogP) is 2.00. The van der Waals surface area contributed by atoms with Crippen LogP contribution in [0.15, 0.2) is 18.2 Å². The van der Waals surface area contributed by atoms with E-state index in [9.17, 15) is 4.79 Å². The van der Waals surface area contributed by atoms with Crippen LogP contribution < -0.4 is 5.32 Å². The summed E-state index contributed by atoms with van der Waals surface area (Å²) < 4.78 is 0.